The van der Waals surface area contributed by atoms with Crippen LogP contribution in [0, 0.1) is 24.2 Å². The summed E-state index contributed by atoms with van der Waals surface area (Å²) in [5.74, 6) is -0.325. The van der Waals surface area contributed by atoms with Crippen molar-refractivity contribution in [3.63, 3.8) is 0 Å². The van der Waals surface area contributed by atoms with Gasteiger partial charge in [0.15, 0.2) is 5.78 Å². The second-order valence-corrected chi connectivity index (χ2v) is 4.50. The summed E-state index contributed by atoms with van der Waals surface area (Å²) < 4.78 is 0. The summed E-state index contributed by atoms with van der Waals surface area (Å²) >= 11 is 0. The van der Waals surface area contributed by atoms with Crippen LogP contribution in [0.1, 0.15) is 36.3 Å². The van der Waals surface area contributed by atoms with Crippen molar-refractivity contribution in [3.05, 3.63) is 35.4 Å². The Morgan fingerprint density at radius 3 is 2.44 bits per heavy atom. The summed E-state index contributed by atoms with van der Waals surface area (Å²) in [4.78, 5) is 12.0. The lowest BCUT2D eigenvalue weighted by Crippen LogP contribution is -2.26. The van der Waals surface area contributed by atoms with E-state index in [1.807, 2.05) is 31.2 Å². The van der Waals surface area contributed by atoms with Crippen molar-refractivity contribution in [3.8, 4) is 6.07 Å². The van der Waals surface area contributed by atoms with Crippen LogP contribution in [0.3, 0.4) is 0 Å². The summed E-state index contributed by atoms with van der Waals surface area (Å²) in [5.41, 5.74) is 1.99. The van der Waals surface area contributed by atoms with Gasteiger partial charge in [-0.2, -0.15) is 5.26 Å². The van der Waals surface area contributed by atoms with Crippen molar-refractivity contribution in [2.75, 3.05) is 0 Å². The van der Waals surface area contributed by atoms with Crippen LogP contribution in [0.25, 0.3) is 0 Å². The molecule has 1 saturated carbocycles. The van der Waals surface area contributed by atoms with Gasteiger partial charge in [0.1, 0.15) is 5.92 Å². The Morgan fingerprint density at radius 2 is 2.00 bits per heavy atom. The van der Waals surface area contributed by atoms with Crippen LogP contribution in [-0.4, -0.2) is 5.78 Å². The van der Waals surface area contributed by atoms with E-state index in [4.69, 9.17) is 5.26 Å². The number of Topliss-reactive ketones (excluding diaryl/α,β-unsaturated/α-hetero) is 1. The predicted molar refractivity (Wildman–Crippen MR) is 61.9 cm³/mol. The molecule has 1 aliphatic carbocycles. The Bertz CT molecular complexity index is 423. The van der Waals surface area contributed by atoms with Gasteiger partial charge in [0.05, 0.1) is 6.07 Å². The number of nitrogens with zero attached hydrogens (tertiary/aromatic N) is 1. The third kappa shape index (κ3) is 1.99. The van der Waals surface area contributed by atoms with Crippen molar-refractivity contribution in [1.82, 2.24) is 0 Å². The minimum Gasteiger partial charge on any atom is -0.298 e. The number of rotatable bonds is 3. The third-order valence-corrected chi connectivity index (χ3v) is 3.33. The molecule has 0 heterocycles. The molecule has 1 aromatic carbocycles. The zero-order valence-electron chi connectivity index (χ0n) is 9.44. The average Bonchev–Trinajstić information content (AvgIpc) is 2.19. The summed E-state index contributed by atoms with van der Waals surface area (Å²) in [5, 5.41) is 9.12. The maximum atomic E-state index is 12.0. The highest BCUT2D eigenvalue weighted by Crippen LogP contribution is 2.32. The van der Waals surface area contributed by atoms with Gasteiger partial charge in [0.25, 0.3) is 0 Å². The molecule has 1 aliphatic rings. The number of aryl methyl sites for hydroxylation is 1. The highest BCUT2D eigenvalue weighted by Gasteiger charge is 2.31. The van der Waals surface area contributed by atoms with Crippen LogP contribution in [-0.2, 0) is 4.79 Å². The fourth-order valence-corrected chi connectivity index (χ4v) is 1.99. The lowest BCUT2D eigenvalue weighted by molar-refractivity contribution is -0.125. The standard InChI is InChI=1S/C14H15NO/c1-10-5-7-11(8-6-10)13(9-15)14(16)12-3-2-4-12/h5-8,12-13H,2-4H2,1H3. The van der Waals surface area contributed by atoms with Crippen LogP contribution in [0.2, 0.25) is 0 Å². The quantitative estimate of drug-likeness (QED) is 0.774. The van der Waals surface area contributed by atoms with Gasteiger partial charge in [-0.25, -0.2) is 0 Å². The Labute approximate surface area is 95.9 Å². The van der Waals surface area contributed by atoms with E-state index in [1.54, 1.807) is 0 Å². The van der Waals surface area contributed by atoms with Crippen LogP contribution in [0.5, 0.6) is 0 Å². The van der Waals surface area contributed by atoms with Crippen LogP contribution < -0.4 is 0 Å². The summed E-state index contributed by atoms with van der Waals surface area (Å²) in [6, 6.07) is 9.82. The smallest absolute Gasteiger partial charge is 0.157 e. The summed E-state index contributed by atoms with van der Waals surface area (Å²) in [6.45, 7) is 2.00. The first-order valence-corrected chi connectivity index (χ1v) is 5.72. The zero-order chi connectivity index (χ0) is 11.5. The van der Waals surface area contributed by atoms with E-state index in [0.717, 1.165) is 30.4 Å². The molecule has 1 unspecified atom stereocenters. The molecular formula is C14H15NO. The maximum absolute atomic E-state index is 12.0. The first-order valence-electron chi connectivity index (χ1n) is 5.72. The average molecular weight is 213 g/mol. The predicted octanol–water partition coefficient (Wildman–Crippen LogP) is 2.97. The molecule has 2 heteroatoms. The minimum absolute atomic E-state index is 0.109. The normalized spacial score (nSPS) is 17.2. The highest BCUT2D eigenvalue weighted by molar-refractivity contribution is 5.90. The molecule has 1 atom stereocenters. The number of carbonyl (C=O) groups excluding carboxylic acids is 1. The number of ketones is 1. The first-order chi connectivity index (χ1) is 7.72. The fourth-order valence-electron chi connectivity index (χ4n) is 1.99. The van der Waals surface area contributed by atoms with Gasteiger partial charge in [-0.05, 0) is 25.3 Å². The van der Waals surface area contributed by atoms with Crippen LogP contribution in [0.4, 0.5) is 0 Å². The van der Waals surface area contributed by atoms with Gasteiger partial charge >= 0.3 is 0 Å². The number of nitriles is 1. The molecule has 82 valence electrons. The van der Waals surface area contributed by atoms with Crippen molar-refractivity contribution in [1.29, 1.82) is 5.26 Å². The number of carbonyl (C=O) groups is 1. The third-order valence-electron chi connectivity index (χ3n) is 3.33. The van der Waals surface area contributed by atoms with E-state index in [-0.39, 0.29) is 11.7 Å². The first kappa shape index (κ1) is 10.9. The van der Waals surface area contributed by atoms with Gasteiger partial charge in [-0.15, -0.1) is 0 Å². The lowest BCUT2D eigenvalue weighted by Gasteiger charge is -2.25. The van der Waals surface area contributed by atoms with Crippen molar-refractivity contribution in [2.24, 2.45) is 5.92 Å². The molecule has 0 aliphatic heterocycles. The highest BCUT2D eigenvalue weighted by atomic mass is 16.1. The molecule has 0 spiro atoms. The Hall–Kier alpha value is -1.62. The van der Waals surface area contributed by atoms with E-state index >= 15 is 0 Å². The van der Waals surface area contributed by atoms with E-state index in [9.17, 15) is 4.79 Å². The van der Waals surface area contributed by atoms with Crippen LogP contribution >= 0.6 is 0 Å². The Kier molecular flexibility index (Phi) is 3.05. The molecule has 0 saturated heterocycles. The molecule has 16 heavy (non-hydrogen) atoms. The fraction of sp³-hybridized carbons (Fsp3) is 0.429. The van der Waals surface area contributed by atoms with E-state index in [1.165, 1.54) is 0 Å². The second-order valence-electron chi connectivity index (χ2n) is 4.50. The largest absolute Gasteiger partial charge is 0.298 e. The lowest BCUT2D eigenvalue weighted by atomic mass is 9.76. The van der Waals surface area contributed by atoms with Crippen molar-refractivity contribution >= 4 is 5.78 Å². The molecule has 1 aromatic rings. The summed E-state index contributed by atoms with van der Waals surface area (Å²) in [7, 11) is 0. The minimum atomic E-state index is -0.564. The van der Waals surface area contributed by atoms with E-state index < -0.39 is 5.92 Å². The number of hydrogen-bond acceptors (Lipinski definition) is 2. The van der Waals surface area contributed by atoms with Crippen LogP contribution in [0.15, 0.2) is 24.3 Å². The molecule has 0 amide bonds. The molecule has 2 rings (SSSR count). The van der Waals surface area contributed by atoms with Gasteiger partial charge in [0.2, 0.25) is 0 Å². The SMILES string of the molecule is Cc1ccc(C(C#N)C(=O)C2CCC2)cc1. The van der Waals surface area contributed by atoms with Gasteiger partial charge in [-0.3, -0.25) is 4.79 Å². The van der Waals surface area contributed by atoms with E-state index in [0.29, 0.717) is 0 Å². The zero-order valence-corrected chi connectivity index (χ0v) is 9.44. The van der Waals surface area contributed by atoms with Crippen molar-refractivity contribution in [2.45, 2.75) is 32.1 Å². The molecule has 0 bridgehead atoms. The van der Waals surface area contributed by atoms with Gasteiger partial charge in [-0.1, -0.05) is 36.2 Å². The molecule has 1 fully saturated rings. The maximum Gasteiger partial charge on any atom is 0.157 e. The molecular weight excluding hydrogens is 198 g/mol. The Morgan fingerprint density at radius 1 is 1.38 bits per heavy atom. The topological polar surface area (TPSA) is 40.9 Å². The van der Waals surface area contributed by atoms with E-state index in [2.05, 4.69) is 6.07 Å². The van der Waals surface area contributed by atoms with Crippen molar-refractivity contribution < 1.29 is 4.79 Å². The number of hydrogen-bond donors (Lipinski definition) is 0. The molecule has 0 N–H and O–H groups in total. The van der Waals surface area contributed by atoms with Gasteiger partial charge < -0.3 is 0 Å². The monoisotopic (exact) mass is 213 g/mol. The number of benzene rings is 1. The molecule has 2 nitrogen and oxygen atoms in total. The second kappa shape index (κ2) is 4.49. The Balaban J connectivity index is 2.19. The molecule has 0 radical (unpaired) electrons. The molecule has 0 aromatic heterocycles. The summed E-state index contributed by atoms with van der Waals surface area (Å²) in [6.07, 6.45) is 3.05. The van der Waals surface area contributed by atoms with Gasteiger partial charge in [0, 0.05) is 5.92 Å².